The van der Waals surface area contributed by atoms with Crippen LogP contribution in [-0.2, 0) is 11.2 Å². The first-order valence-electron chi connectivity index (χ1n) is 4.23. The number of hydrogen-bond donors (Lipinski definition) is 2. The van der Waals surface area contributed by atoms with Crippen LogP contribution in [0.3, 0.4) is 0 Å². The van der Waals surface area contributed by atoms with E-state index in [0.29, 0.717) is 6.42 Å². The molecule has 3 nitrogen and oxygen atoms in total. The number of phenols is 1. The Morgan fingerprint density at radius 3 is 2.92 bits per heavy atom. The van der Waals surface area contributed by atoms with Gasteiger partial charge in [0.1, 0.15) is 5.75 Å². The standard InChI is InChI=1S/C10H10O3/c11-7-3-1-6-2-4-8(10(12)13)9(6)5-7/h1,3,5,8,11H,2,4H2,(H,12,13)/t8-/m0/s1. The summed E-state index contributed by atoms with van der Waals surface area (Å²) in [6.45, 7) is 0. The van der Waals surface area contributed by atoms with E-state index in [0.717, 1.165) is 17.5 Å². The monoisotopic (exact) mass is 178 g/mol. The molecule has 0 heterocycles. The molecule has 0 saturated heterocycles. The van der Waals surface area contributed by atoms with Crippen molar-refractivity contribution in [2.24, 2.45) is 0 Å². The van der Waals surface area contributed by atoms with E-state index < -0.39 is 11.9 Å². The van der Waals surface area contributed by atoms with Gasteiger partial charge in [-0.05, 0) is 36.1 Å². The second-order valence-electron chi connectivity index (χ2n) is 3.31. The van der Waals surface area contributed by atoms with Crippen LogP contribution < -0.4 is 0 Å². The number of benzene rings is 1. The van der Waals surface area contributed by atoms with Crippen LogP contribution in [-0.4, -0.2) is 16.2 Å². The summed E-state index contributed by atoms with van der Waals surface area (Å²) in [4.78, 5) is 10.8. The molecule has 0 fully saturated rings. The fraction of sp³-hybridized carbons (Fsp3) is 0.300. The van der Waals surface area contributed by atoms with Crippen molar-refractivity contribution in [1.82, 2.24) is 0 Å². The van der Waals surface area contributed by atoms with E-state index in [4.69, 9.17) is 5.11 Å². The van der Waals surface area contributed by atoms with Crippen molar-refractivity contribution >= 4 is 5.97 Å². The molecular weight excluding hydrogens is 168 g/mol. The molecule has 3 heteroatoms. The summed E-state index contributed by atoms with van der Waals surface area (Å²) in [6, 6.07) is 4.96. The van der Waals surface area contributed by atoms with Crippen LogP contribution >= 0.6 is 0 Å². The van der Waals surface area contributed by atoms with E-state index >= 15 is 0 Å². The van der Waals surface area contributed by atoms with Crippen molar-refractivity contribution in [1.29, 1.82) is 0 Å². The molecule has 1 atom stereocenters. The normalized spacial score (nSPS) is 19.8. The summed E-state index contributed by atoms with van der Waals surface area (Å²) in [5.41, 5.74) is 1.82. The third-order valence-corrected chi connectivity index (χ3v) is 2.51. The number of aromatic hydroxyl groups is 1. The number of rotatable bonds is 1. The van der Waals surface area contributed by atoms with Gasteiger partial charge in [-0.2, -0.15) is 0 Å². The molecular formula is C10H10O3. The van der Waals surface area contributed by atoms with E-state index in [-0.39, 0.29) is 5.75 Å². The van der Waals surface area contributed by atoms with Crippen LogP contribution in [0, 0.1) is 0 Å². The molecule has 68 valence electrons. The first-order chi connectivity index (χ1) is 6.18. The Morgan fingerprint density at radius 2 is 2.23 bits per heavy atom. The summed E-state index contributed by atoms with van der Waals surface area (Å²) in [5, 5.41) is 18.1. The molecule has 1 aromatic carbocycles. The predicted octanol–water partition coefficient (Wildman–Crippen LogP) is 1.51. The van der Waals surface area contributed by atoms with Crippen LogP contribution in [0.1, 0.15) is 23.5 Å². The highest BCUT2D eigenvalue weighted by Crippen LogP contribution is 2.35. The van der Waals surface area contributed by atoms with Crippen LogP contribution in [0.5, 0.6) is 5.75 Å². The topological polar surface area (TPSA) is 57.5 Å². The summed E-state index contributed by atoms with van der Waals surface area (Å²) in [6.07, 6.45) is 1.45. The van der Waals surface area contributed by atoms with E-state index in [9.17, 15) is 9.90 Å². The average molecular weight is 178 g/mol. The number of carbonyl (C=O) groups is 1. The second kappa shape index (κ2) is 2.76. The van der Waals surface area contributed by atoms with Gasteiger partial charge >= 0.3 is 5.97 Å². The lowest BCUT2D eigenvalue weighted by Crippen LogP contribution is -2.07. The number of aryl methyl sites for hydroxylation is 1. The second-order valence-corrected chi connectivity index (χ2v) is 3.31. The molecule has 0 unspecified atom stereocenters. The number of phenolic OH excluding ortho intramolecular Hbond substituents is 1. The lowest BCUT2D eigenvalue weighted by Gasteiger charge is -2.05. The fourth-order valence-electron chi connectivity index (χ4n) is 1.85. The van der Waals surface area contributed by atoms with Gasteiger partial charge in [-0.15, -0.1) is 0 Å². The summed E-state index contributed by atoms with van der Waals surface area (Å²) in [7, 11) is 0. The highest BCUT2D eigenvalue weighted by molar-refractivity contribution is 5.78. The third kappa shape index (κ3) is 1.26. The van der Waals surface area contributed by atoms with Gasteiger partial charge in [0.2, 0.25) is 0 Å². The highest BCUT2D eigenvalue weighted by Gasteiger charge is 2.28. The minimum Gasteiger partial charge on any atom is -0.508 e. The number of fused-ring (bicyclic) bond motifs is 1. The zero-order chi connectivity index (χ0) is 9.42. The Balaban J connectivity index is 2.46. The number of hydrogen-bond acceptors (Lipinski definition) is 2. The lowest BCUT2D eigenvalue weighted by molar-refractivity contribution is -0.138. The summed E-state index contributed by atoms with van der Waals surface area (Å²) < 4.78 is 0. The quantitative estimate of drug-likeness (QED) is 0.685. The molecule has 2 N–H and O–H groups in total. The van der Waals surface area contributed by atoms with Gasteiger partial charge < -0.3 is 10.2 Å². The molecule has 0 aliphatic heterocycles. The van der Waals surface area contributed by atoms with Crippen molar-refractivity contribution in [3.05, 3.63) is 29.3 Å². The first kappa shape index (κ1) is 8.10. The predicted molar refractivity (Wildman–Crippen MR) is 46.8 cm³/mol. The maximum atomic E-state index is 10.8. The molecule has 1 aromatic rings. The zero-order valence-corrected chi connectivity index (χ0v) is 7.03. The van der Waals surface area contributed by atoms with Crippen molar-refractivity contribution in [2.45, 2.75) is 18.8 Å². The van der Waals surface area contributed by atoms with Gasteiger partial charge in [-0.1, -0.05) is 6.07 Å². The molecule has 0 spiro atoms. The van der Waals surface area contributed by atoms with E-state index in [1.54, 1.807) is 18.2 Å². The molecule has 0 amide bonds. The Labute approximate surface area is 75.6 Å². The highest BCUT2D eigenvalue weighted by atomic mass is 16.4. The van der Waals surface area contributed by atoms with Gasteiger partial charge in [0.15, 0.2) is 0 Å². The molecule has 0 bridgehead atoms. The van der Waals surface area contributed by atoms with Crippen molar-refractivity contribution in [3.8, 4) is 5.75 Å². The Kier molecular flexibility index (Phi) is 1.72. The lowest BCUT2D eigenvalue weighted by atomic mass is 10.0. The van der Waals surface area contributed by atoms with Gasteiger partial charge in [0.25, 0.3) is 0 Å². The van der Waals surface area contributed by atoms with Gasteiger partial charge in [-0.25, -0.2) is 0 Å². The van der Waals surface area contributed by atoms with Crippen LogP contribution in [0.2, 0.25) is 0 Å². The zero-order valence-electron chi connectivity index (χ0n) is 7.03. The average Bonchev–Trinajstić information content (AvgIpc) is 2.46. The molecule has 0 radical (unpaired) electrons. The van der Waals surface area contributed by atoms with Gasteiger partial charge in [0.05, 0.1) is 5.92 Å². The Morgan fingerprint density at radius 1 is 1.46 bits per heavy atom. The minimum absolute atomic E-state index is 0.145. The van der Waals surface area contributed by atoms with Crippen LogP contribution in [0.4, 0.5) is 0 Å². The van der Waals surface area contributed by atoms with Crippen molar-refractivity contribution in [2.75, 3.05) is 0 Å². The third-order valence-electron chi connectivity index (χ3n) is 2.51. The van der Waals surface area contributed by atoms with Crippen LogP contribution in [0.15, 0.2) is 18.2 Å². The Hall–Kier alpha value is -1.51. The number of aliphatic carboxylic acids is 1. The summed E-state index contributed by atoms with van der Waals surface area (Å²) in [5.74, 6) is -1.08. The fourth-order valence-corrected chi connectivity index (χ4v) is 1.85. The van der Waals surface area contributed by atoms with E-state index in [2.05, 4.69) is 0 Å². The van der Waals surface area contributed by atoms with Crippen molar-refractivity contribution in [3.63, 3.8) is 0 Å². The molecule has 0 aromatic heterocycles. The van der Waals surface area contributed by atoms with Gasteiger partial charge in [0, 0.05) is 0 Å². The molecule has 2 rings (SSSR count). The first-order valence-corrected chi connectivity index (χ1v) is 4.23. The largest absolute Gasteiger partial charge is 0.508 e. The SMILES string of the molecule is O=C(O)[C@H]1CCc2ccc(O)cc21. The van der Waals surface area contributed by atoms with E-state index in [1.165, 1.54) is 0 Å². The number of carboxylic acids is 1. The number of carboxylic acid groups (broad SMARTS) is 1. The smallest absolute Gasteiger partial charge is 0.310 e. The van der Waals surface area contributed by atoms with Crippen LogP contribution in [0.25, 0.3) is 0 Å². The summed E-state index contributed by atoms with van der Waals surface area (Å²) >= 11 is 0. The molecule has 1 aliphatic rings. The maximum Gasteiger partial charge on any atom is 0.310 e. The maximum absolute atomic E-state index is 10.8. The molecule has 13 heavy (non-hydrogen) atoms. The molecule has 1 aliphatic carbocycles. The molecule has 0 saturated carbocycles. The van der Waals surface area contributed by atoms with Crippen molar-refractivity contribution < 1.29 is 15.0 Å². The minimum atomic E-state index is -0.802. The Bertz CT molecular complexity index is 357. The van der Waals surface area contributed by atoms with Gasteiger partial charge in [-0.3, -0.25) is 4.79 Å². The van der Waals surface area contributed by atoms with E-state index in [1.807, 2.05) is 0 Å².